The smallest absolute Gasteiger partial charge is 0.227 e. The number of rotatable bonds is 0. The average molecular weight is 142 g/mol. The number of halogens is 3. The fourth-order valence-electron chi connectivity index (χ4n) is 0.418. The molecule has 0 bridgehead atoms. The highest BCUT2D eigenvalue weighted by Gasteiger charge is 2.39. The van der Waals surface area contributed by atoms with E-state index in [1.165, 1.54) is 0 Å². The Hall–Kier alpha value is -0.370. The summed E-state index contributed by atoms with van der Waals surface area (Å²) < 4.78 is 34.6. The Balaban J connectivity index is 2.42. The molecule has 0 aromatic heterocycles. The Kier molecular flexibility index (Phi) is 1.58. The maximum Gasteiger partial charge on any atom is 0.475 e. The quantitative estimate of drug-likeness (QED) is 0.391. The Morgan fingerprint density at radius 3 is 2.22 bits per heavy atom. The summed E-state index contributed by atoms with van der Waals surface area (Å²) in [6.07, 6.45) is -4.32. The molecule has 1 fully saturated rings. The molecule has 1 heterocycles. The van der Waals surface area contributed by atoms with E-state index in [1.54, 1.807) is 0 Å². The molecule has 1 rings (SSSR count). The van der Waals surface area contributed by atoms with E-state index in [0.29, 0.717) is 0 Å². The van der Waals surface area contributed by atoms with Crippen LogP contribution in [0, 0.1) is 0 Å². The number of alkyl halides is 3. The molecular formula is C2H5F3N4. The molecule has 0 radical (unpaired) electrons. The van der Waals surface area contributed by atoms with Crippen molar-refractivity contribution in [2.75, 3.05) is 6.67 Å². The Morgan fingerprint density at radius 1 is 1.33 bits per heavy atom. The Bertz CT molecular complexity index is 94.5. The van der Waals surface area contributed by atoms with E-state index in [9.17, 15) is 13.2 Å². The van der Waals surface area contributed by atoms with Crippen molar-refractivity contribution in [1.82, 2.24) is 21.5 Å². The van der Waals surface area contributed by atoms with E-state index in [1.807, 2.05) is 5.53 Å². The monoisotopic (exact) mass is 142 g/mol. The van der Waals surface area contributed by atoms with E-state index in [-0.39, 0.29) is 11.7 Å². The molecule has 1 saturated heterocycles. The molecule has 7 heteroatoms. The van der Waals surface area contributed by atoms with Crippen molar-refractivity contribution in [2.45, 2.75) is 6.30 Å². The zero-order valence-corrected chi connectivity index (χ0v) is 4.29. The first-order valence-electron chi connectivity index (χ1n) is 2.18. The predicted octanol–water partition coefficient (Wildman–Crippen LogP) is -0.707. The highest BCUT2D eigenvalue weighted by atomic mass is 19.4. The summed E-state index contributed by atoms with van der Waals surface area (Å²) >= 11 is 0. The summed E-state index contributed by atoms with van der Waals surface area (Å²) in [6, 6.07) is 0. The summed E-state index contributed by atoms with van der Waals surface area (Å²) in [5.74, 6) is 0. The summed E-state index contributed by atoms with van der Waals surface area (Å²) in [4.78, 5) is 0. The second kappa shape index (κ2) is 2.10. The van der Waals surface area contributed by atoms with Crippen LogP contribution in [0.2, 0.25) is 0 Å². The summed E-state index contributed by atoms with van der Waals surface area (Å²) in [6.45, 7) is -0.288. The van der Waals surface area contributed by atoms with Crippen molar-refractivity contribution in [3.8, 4) is 0 Å². The van der Waals surface area contributed by atoms with Crippen LogP contribution in [0.15, 0.2) is 0 Å². The van der Waals surface area contributed by atoms with Crippen molar-refractivity contribution in [2.24, 2.45) is 0 Å². The van der Waals surface area contributed by atoms with Gasteiger partial charge in [0.2, 0.25) is 0 Å². The molecule has 3 N–H and O–H groups in total. The number of hydrazine groups is 3. The second-order valence-electron chi connectivity index (χ2n) is 1.47. The van der Waals surface area contributed by atoms with E-state index in [0.717, 1.165) is 0 Å². The minimum absolute atomic E-state index is 0.0764. The molecular weight excluding hydrogens is 137 g/mol. The van der Waals surface area contributed by atoms with Crippen LogP contribution in [0.1, 0.15) is 0 Å². The number of nitrogens with one attached hydrogen (secondary N) is 3. The maximum atomic E-state index is 11.5. The molecule has 54 valence electrons. The van der Waals surface area contributed by atoms with Crippen molar-refractivity contribution < 1.29 is 13.2 Å². The highest BCUT2D eigenvalue weighted by Crippen LogP contribution is 2.17. The summed E-state index contributed by atoms with van der Waals surface area (Å²) in [5.41, 5.74) is 6.15. The van der Waals surface area contributed by atoms with Gasteiger partial charge in [-0.25, -0.2) is 5.43 Å². The minimum Gasteiger partial charge on any atom is -0.227 e. The fourth-order valence-corrected chi connectivity index (χ4v) is 0.418. The average Bonchev–Trinajstić information content (AvgIpc) is 2.08. The van der Waals surface area contributed by atoms with Gasteiger partial charge in [-0.05, 0) is 0 Å². The molecule has 9 heavy (non-hydrogen) atoms. The fraction of sp³-hybridized carbons (Fsp3) is 1.00. The van der Waals surface area contributed by atoms with Crippen molar-refractivity contribution >= 4 is 0 Å². The van der Waals surface area contributed by atoms with Crippen molar-refractivity contribution in [1.29, 1.82) is 0 Å². The van der Waals surface area contributed by atoms with Crippen LogP contribution in [0.4, 0.5) is 13.2 Å². The molecule has 0 saturated carbocycles. The predicted molar refractivity (Wildman–Crippen MR) is 22.2 cm³/mol. The number of hydrogen-bond acceptors (Lipinski definition) is 4. The van der Waals surface area contributed by atoms with Crippen LogP contribution >= 0.6 is 0 Å². The van der Waals surface area contributed by atoms with Crippen LogP contribution in [0.3, 0.4) is 0 Å². The lowest BCUT2D eigenvalue weighted by molar-refractivity contribution is -0.257. The van der Waals surface area contributed by atoms with Gasteiger partial charge in [-0.3, -0.25) is 0 Å². The van der Waals surface area contributed by atoms with Crippen molar-refractivity contribution in [3.05, 3.63) is 0 Å². The Labute approximate surface area is 48.9 Å². The lowest BCUT2D eigenvalue weighted by Crippen LogP contribution is -2.45. The van der Waals surface area contributed by atoms with E-state index >= 15 is 0 Å². The van der Waals surface area contributed by atoms with Gasteiger partial charge in [0.25, 0.3) is 0 Å². The molecule has 0 amide bonds. The molecule has 0 spiro atoms. The molecule has 0 aromatic carbocycles. The Morgan fingerprint density at radius 2 is 2.00 bits per heavy atom. The van der Waals surface area contributed by atoms with Crippen LogP contribution in [-0.2, 0) is 0 Å². The van der Waals surface area contributed by atoms with Crippen LogP contribution in [0.5, 0.6) is 0 Å². The van der Waals surface area contributed by atoms with Gasteiger partial charge in [0.05, 0.1) is 6.67 Å². The summed E-state index contributed by atoms with van der Waals surface area (Å²) in [7, 11) is 0. The third-order valence-electron chi connectivity index (χ3n) is 0.822. The van der Waals surface area contributed by atoms with Crippen LogP contribution < -0.4 is 16.5 Å². The van der Waals surface area contributed by atoms with E-state index < -0.39 is 6.30 Å². The van der Waals surface area contributed by atoms with Gasteiger partial charge in [-0.1, -0.05) is 0 Å². The van der Waals surface area contributed by atoms with Gasteiger partial charge in [0.15, 0.2) is 0 Å². The molecule has 0 aliphatic carbocycles. The van der Waals surface area contributed by atoms with E-state index in [4.69, 9.17) is 0 Å². The zero-order valence-electron chi connectivity index (χ0n) is 4.29. The standard InChI is InChI=1S/C2H5F3N4/c3-2(4,5)9-1-6-7-8-9/h6-8H,1H2. The number of hydrogen-bond donors (Lipinski definition) is 3. The highest BCUT2D eigenvalue weighted by molar-refractivity contribution is 4.52. The third kappa shape index (κ3) is 1.52. The molecule has 1 aliphatic heterocycles. The van der Waals surface area contributed by atoms with E-state index in [2.05, 4.69) is 11.0 Å². The summed E-state index contributed by atoms with van der Waals surface area (Å²) in [5, 5.41) is 0.0764. The number of nitrogens with zero attached hydrogens (tertiary/aromatic N) is 1. The van der Waals surface area contributed by atoms with Gasteiger partial charge >= 0.3 is 6.30 Å². The molecule has 4 nitrogen and oxygen atoms in total. The molecule has 0 atom stereocenters. The normalized spacial score (nSPS) is 23.0. The maximum absolute atomic E-state index is 11.5. The molecule has 0 unspecified atom stereocenters. The largest absolute Gasteiger partial charge is 0.475 e. The topological polar surface area (TPSA) is 39.3 Å². The lowest BCUT2D eigenvalue weighted by atomic mass is 10.9. The second-order valence-corrected chi connectivity index (χ2v) is 1.47. The SMILES string of the molecule is FC(F)(F)N1CNNN1. The first-order chi connectivity index (χ1) is 4.11. The van der Waals surface area contributed by atoms with Gasteiger partial charge in [0.1, 0.15) is 0 Å². The molecule has 0 aromatic rings. The van der Waals surface area contributed by atoms with Gasteiger partial charge in [-0.15, -0.1) is 5.01 Å². The first-order valence-corrected chi connectivity index (χ1v) is 2.18. The third-order valence-corrected chi connectivity index (χ3v) is 0.822. The lowest BCUT2D eigenvalue weighted by Gasteiger charge is -2.15. The van der Waals surface area contributed by atoms with Crippen LogP contribution in [-0.4, -0.2) is 18.0 Å². The van der Waals surface area contributed by atoms with Gasteiger partial charge < -0.3 is 0 Å². The first kappa shape index (κ1) is 6.75. The van der Waals surface area contributed by atoms with Crippen molar-refractivity contribution in [3.63, 3.8) is 0 Å². The van der Waals surface area contributed by atoms with Gasteiger partial charge in [-0.2, -0.15) is 24.2 Å². The minimum atomic E-state index is -4.32. The van der Waals surface area contributed by atoms with Gasteiger partial charge in [0, 0.05) is 0 Å². The molecule has 1 aliphatic rings. The zero-order chi connectivity index (χ0) is 6.91. The van der Waals surface area contributed by atoms with Crippen LogP contribution in [0.25, 0.3) is 0 Å².